The van der Waals surface area contributed by atoms with Gasteiger partial charge in [0.15, 0.2) is 0 Å². The molecule has 1 fully saturated rings. The van der Waals surface area contributed by atoms with Gasteiger partial charge in [0, 0.05) is 5.69 Å². The summed E-state index contributed by atoms with van der Waals surface area (Å²) in [6.45, 7) is 4.23. The predicted octanol–water partition coefficient (Wildman–Crippen LogP) is 4.35. The molecule has 2 atom stereocenters. The van der Waals surface area contributed by atoms with E-state index in [1.807, 2.05) is 19.9 Å². The van der Waals surface area contributed by atoms with Crippen molar-refractivity contribution < 1.29 is 23.9 Å². The summed E-state index contributed by atoms with van der Waals surface area (Å²) in [4.78, 5) is 52.4. The van der Waals surface area contributed by atoms with Crippen LogP contribution in [0.1, 0.15) is 53.8 Å². The first-order valence-corrected chi connectivity index (χ1v) is 11.1. The summed E-state index contributed by atoms with van der Waals surface area (Å²) in [7, 11) is 0. The van der Waals surface area contributed by atoms with E-state index in [9.17, 15) is 19.2 Å². The zero-order chi connectivity index (χ0) is 23.5. The van der Waals surface area contributed by atoms with E-state index in [0.29, 0.717) is 30.7 Å². The van der Waals surface area contributed by atoms with Crippen LogP contribution in [-0.2, 0) is 14.3 Å². The van der Waals surface area contributed by atoms with Crippen molar-refractivity contribution in [1.29, 1.82) is 0 Å². The van der Waals surface area contributed by atoms with Gasteiger partial charge in [-0.25, -0.2) is 9.69 Å². The minimum absolute atomic E-state index is 0.231. The first-order valence-electron chi connectivity index (χ1n) is 11.1. The van der Waals surface area contributed by atoms with Gasteiger partial charge in [-0.2, -0.15) is 0 Å². The number of ether oxygens (including phenoxy) is 1. The highest BCUT2D eigenvalue weighted by atomic mass is 16.5. The van der Waals surface area contributed by atoms with Crippen molar-refractivity contribution in [2.45, 2.75) is 33.1 Å². The quantitative estimate of drug-likeness (QED) is 0.405. The number of nitrogens with one attached hydrogen (secondary N) is 1. The average Bonchev–Trinajstić information content (AvgIpc) is 3.07. The molecule has 4 rings (SSSR count). The van der Waals surface area contributed by atoms with Crippen LogP contribution in [0.5, 0.6) is 0 Å². The highest BCUT2D eigenvalue weighted by molar-refractivity contribution is 6.25. The van der Waals surface area contributed by atoms with Crippen LogP contribution >= 0.6 is 0 Å². The standard InChI is InChI=1S/C26H26N2O5/c1-3-14-33-26(32)17-9-11-18(12-10-17)27-23(29)20-6-4-5-7-22(20)28-24(30)19-13-8-16(2)15-21(19)25(28)31/h4-12,19,21H,3,13-15H2,1-2H3,(H,27,29)/t19-,21+/m0/s1. The van der Waals surface area contributed by atoms with E-state index < -0.39 is 11.9 Å². The molecule has 7 heteroatoms. The van der Waals surface area contributed by atoms with Crippen molar-refractivity contribution in [2.75, 3.05) is 16.8 Å². The molecular weight excluding hydrogens is 420 g/mol. The number of para-hydroxylation sites is 1. The number of nitrogens with zero attached hydrogens (tertiary/aromatic N) is 1. The summed E-state index contributed by atoms with van der Waals surface area (Å²) in [5.74, 6) is -2.14. The number of carbonyl (C=O) groups is 4. The minimum atomic E-state index is -0.448. The van der Waals surface area contributed by atoms with Gasteiger partial charge in [-0.15, -0.1) is 0 Å². The van der Waals surface area contributed by atoms with Crippen LogP contribution in [0.2, 0.25) is 0 Å². The Morgan fingerprint density at radius 3 is 2.45 bits per heavy atom. The van der Waals surface area contributed by atoms with Crippen molar-refractivity contribution >= 4 is 35.1 Å². The summed E-state index contributed by atoms with van der Waals surface area (Å²) in [6, 6.07) is 13.0. The molecule has 2 aliphatic rings. The van der Waals surface area contributed by atoms with Crippen molar-refractivity contribution in [3.05, 3.63) is 71.3 Å². The third-order valence-corrected chi connectivity index (χ3v) is 6.03. The van der Waals surface area contributed by atoms with E-state index in [1.54, 1.807) is 48.5 Å². The maximum absolute atomic E-state index is 13.1. The monoisotopic (exact) mass is 446 g/mol. The number of allylic oxidation sites excluding steroid dienone is 2. The number of hydrogen-bond acceptors (Lipinski definition) is 5. The van der Waals surface area contributed by atoms with Crippen molar-refractivity contribution in [2.24, 2.45) is 11.8 Å². The first kappa shape index (κ1) is 22.5. The molecule has 0 saturated carbocycles. The zero-order valence-electron chi connectivity index (χ0n) is 18.7. The number of benzene rings is 2. The molecule has 33 heavy (non-hydrogen) atoms. The smallest absolute Gasteiger partial charge is 0.338 e. The number of anilines is 2. The van der Waals surface area contributed by atoms with Crippen molar-refractivity contribution in [3.8, 4) is 0 Å². The van der Waals surface area contributed by atoms with Gasteiger partial charge in [-0.1, -0.05) is 30.7 Å². The SMILES string of the molecule is CCCOC(=O)c1ccc(NC(=O)c2ccccc2N2C(=O)[C@H]3CC=C(C)C[C@H]3C2=O)cc1. The van der Waals surface area contributed by atoms with E-state index in [4.69, 9.17) is 4.74 Å². The molecule has 0 aromatic heterocycles. The van der Waals surface area contributed by atoms with E-state index in [-0.39, 0.29) is 34.9 Å². The Bertz CT molecular complexity index is 1140. The Morgan fingerprint density at radius 1 is 1.03 bits per heavy atom. The van der Waals surface area contributed by atoms with Crippen LogP contribution in [0.15, 0.2) is 60.2 Å². The van der Waals surface area contributed by atoms with Gasteiger partial charge in [-0.05, 0) is 62.6 Å². The Morgan fingerprint density at radius 2 is 1.73 bits per heavy atom. The Labute approximate surface area is 192 Å². The van der Waals surface area contributed by atoms with E-state index >= 15 is 0 Å². The summed E-state index contributed by atoms with van der Waals surface area (Å²) in [5, 5.41) is 2.78. The Kier molecular flexibility index (Phi) is 6.40. The van der Waals surface area contributed by atoms with Crippen LogP contribution in [0.4, 0.5) is 11.4 Å². The Hall–Kier alpha value is -3.74. The van der Waals surface area contributed by atoms with Gasteiger partial charge >= 0.3 is 5.97 Å². The molecule has 7 nitrogen and oxygen atoms in total. The van der Waals surface area contributed by atoms with Gasteiger partial charge in [0.1, 0.15) is 0 Å². The van der Waals surface area contributed by atoms with Gasteiger partial charge in [0.2, 0.25) is 11.8 Å². The van der Waals surface area contributed by atoms with E-state index in [0.717, 1.165) is 12.0 Å². The number of carbonyl (C=O) groups excluding carboxylic acids is 4. The molecule has 1 aliphatic heterocycles. The summed E-state index contributed by atoms with van der Waals surface area (Å²) in [5.41, 5.74) is 2.49. The third-order valence-electron chi connectivity index (χ3n) is 6.03. The van der Waals surface area contributed by atoms with Gasteiger partial charge < -0.3 is 10.1 Å². The van der Waals surface area contributed by atoms with Crippen LogP contribution in [0, 0.1) is 11.8 Å². The molecule has 0 unspecified atom stereocenters. The maximum atomic E-state index is 13.1. The molecule has 2 aromatic rings. The van der Waals surface area contributed by atoms with E-state index in [2.05, 4.69) is 5.32 Å². The second-order valence-electron chi connectivity index (χ2n) is 8.40. The van der Waals surface area contributed by atoms with Gasteiger partial charge in [0.25, 0.3) is 5.91 Å². The number of amides is 3. The second kappa shape index (κ2) is 9.40. The molecular formula is C26H26N2O5. The predicted molar refractivity (Wildman–Crippen MR) is 124 cm³/mol. The van der Waals surface area contributed by atoms with Crippen molar-refractivity contribution in [1.82, 2.24) is 0 Å². The fraction of sp³-hybridized carbons (Fsp3) is 0.308. The fourth-order valence-electron chi connectivity index (χ4n) is 4.30. The van der Waals surface area contributed by atoms with E-state index in [1.165, 1.54) is 4.90 Å². The maximum Gasteiger partial charge on any atom is 0.338 e. The lowest BCUT2D eigenvalue weighted by Gasteiger charge is -2.19. The molecule has 1 aliphatic carbocycles. The van der Waals surface area contributed by atoms with Gasteiger partial charge in [0.05, 0.1) is 35.3 Å². The lowest BCUT2D eigenvalue weighted by atomic mass is 9.82. The molecule has 1 saturated heterocycles. The summed E-state index contributed by atoms with van der Waals surface area (Å²) < 4.78 is 5.11. The summed E-state index contributed by atoms with van der Waals surface area (Å²) in [6.07, 6.45) is 3.85. The number of rotatable bonds is 6. The third kappa shape index (κ3) is 4.44. The van der Waals surface area contributed by atoms with Crippen LogP contribution < -0.4 is 10.2 Å². The highest BCUT2D eigenvalue weighted by Gasteiger charge is 2.49. The molecule has 0 spiro atoms. The van der Waals surface area contributed by atoms with Gasteiger partial charge in [-0.3, -0.25) is 14.4 Å². The number of hydrogen-bond donors (Lipinski definition) is 1. The molecule has 1 heterocycles. The van der Waals surface area contributed by atoms with Crippen molar-refractivity contribution in [3.63, 3.8) is 0 Å². The van der Waals surface area contributed by atoms with Crippen LogP contribution in [-0.4, -0.2) is 30.3 Å². The molecule has 0 radical (unpaired) electrons. The zero-order valence-corrected chi connectivity index (χ0v) is 18.7. The Balaban J connectivity index is 1.53. The number of esters is 1. The topological polar surface area (TPSA) is 92.8 Å². The molecule has 170 valence electrons. The molecule has 0 bridgehead atoms. The lowest BCUT2D eigenvalue weighted by molar-refractivity contribution is -0.122. The van der Waals surface area contributed by atoms with Crippen LogP contribution in [0.3, 0.4) is 0 Å². The second-order valence-corrected chi connectivity index (χ2v) is 8.40. The minimum Gasteiger partial charge on any atom is -0.462 e. The normalized spacial score (nSPS) is 19.7. The molecule has 1 N–H and O–H groups in total. The number of imide groups is 1. The largest absolute Gasteiger partial charge is 0.462 e. The summed E-state index contributed by atoms with van der Waals surface area (Å²) >= 11 is 0. The highest BCUT2D eigenvalue weighted by Crippen LogP contribution is 2.40. The average molecular weight is 447 g/mol. The first-order chi connectivity index (χ1) is 15.9. The molecule has 3 amide bonds. The lowest BCUT2D eigenvalue weighted by Crippen LogP contribution is -2.33. The van der Waals surface area contributed by atoms with Crippen LogP contribution in [0.25, 0.3) is 0 Å². The number of fused-ring (bicyclic) bond motifs is 1. The fourth-order valence-corrected chi connectivity index (χ4v) is 4.30. The molecule has 2 aromatic carbocycles.